The largest absolute Gasteiger partial charge is 0.478 e. The molecule has 5 nitrogen and oxygen atoms in total. The number of halogens is 1. The molecule has 0 unspecified atom stereocenters. The van der Waals surface area contributed by atoms with E-state index in [0.29, 0.717) is 16.6 Å². The molecule has 0 radical (unpaired) electrons. The molecule has 4 aromatic rings. The summed E-state index contributed by atoms with van der Waals surface area (Å²) in [7, 11) is 0. The molecule has 1 N–H and O–H groups in total. The number of carbonyl (C=O) groups is 1. The van der Waals surface area contributed by atoms with Crippen LogP contribution < -0.4 is 0 Å². The van der Waals surface area contributed by atoms with Gasteiger partial charge in [-0.05, 0) is 18.2 Å². The number of carboxylic acid groups (broad SMARTS) is 1. The van der Waals surface area contributed by atoms with Gasteiger partial charge < -0.3 is 9.63 Å². The molecule has 0 aliphatic rings. The van der Waals surface area contributed by atoms with Gasteiger partial charge in [0.05, 0.1) is 16.6 Å². The number of rotatable bonds is 3. The fourth-order valence-electron chi connectivity index (χ4n) is 2.72. The van der Waals surface area contributed by atoms with Crippen molar-refractivity contribution < 1.29 is 18.8 Å². The lowest BCUT2D eigenvalue weighted by Gasteiger charge is -2.05. The van der Waals surface area contributed by atoms with E-state index in [1.54, 1.807) is 24.3 Å². The molecular formula is C19H11FN2O3. The minimum atomic E-state index is -1.16. The van der Waals surface area contributed by atoms with Crippen molar-refractivity contribution in [2.24, 2.45) is 0 Å². The van der Waals surface area contributed by atoms with Crippen LogP contribution in [0.5, 0.6) is 0 Å². The number of pyridine rings is 1. The molecule has 0 fully saturated rings. The third kappa shape index (κ3) is 2.53. The highest BCUT2D eigenvalue weighted by atomic mass is 19.1. The monoisotopic (exact) mass is 334 g/mol. The Morgan fingerprint density at radius 3 is 2.48 bits per heavy atom. The first kappa shape index (κ1) is 15.0. The Hall–Kier alpha value is -3.54. The van der Waals surface area contributed by atoms with E-state index < -0.39 is 11.8 Å². The second-order valence-electron chi connectivity index (χ2n) is 5.42. The Kier molecular flexibility index (Phi) is 3.50. The van der Waals surface area contributed by atoms with Crippen molar-refractivity contribution in [2.45, 2.75) is 0 Å². The van der Waals surface area contributed by atoms with Gasteiger partial charge in [0.1, 0.15) is 11.5 Å². The fraction of sp³-hybridized carbons (Fsp3) is 0. The molecule has 122 valence electrons. The Bertz CT molecular complexity index is 1090. The van der Waals surface area contributed by atoms with Crippen molar-refractivity contribution in [3.8, 4) is 22.5 Å². The van der Waals surface area contributed by atoms with Gasteiger partial charge in [-0.1, -0.05) is 47.6 Å². The number of aromatic nitrogens is 2. The van der Waals surface area contributed by atoms with E-state index >= 15 is 0 Å². The number of benzene rings is 2. The van der Waals surface area contributed by atoms with Crippen molar-refractivity contribution in [1.82, 2.24) is 10.1 Å². The first-order valence-electron chi connectivity index (χ1n) is 7.49. The van der Waals surface area contributed by atoms with Gasteiger partial charge in [-0.2, -0.15) is 0 Å². The first-order chi connectivity index (χ1) is 12.1. The molecular weight excluding hydrogens is 323 g/mol. The van der Waals surface area contributed by atoms with Crippen LogP contribution in [0.2, 0.25) is 0 Å². The molecule has 2 aromatic heterocycles. The van der Waals surface area contributed by atoms with Gasteiger partial charge in [0.25, 0.3) is 5.71 Å². The maximum absolute atomic E-state index is 14.0. The molecule has 0 spiro atoms. The molecule has 6 heteroatoms. The number of fused-ring (bicyclic) bond motifs is 1. The van der Waals surface area contributed by atoms with E-state index in [1.165, 1.54) is 18.2 Å². The maximum atomic E-state index is 14.0. The van der Waals surface area contributed by atoms with E-state index in [9.17, 15) is 14.3 Å². The van der Waals surface area contributed by atoms with Crippen LogP contribution in [0.3, 0.4) is 0 Å². The quantitative estimate of drug-likeness (QED) is 0.601. The highest BCUT2D eigenvalue weighted by Gasteiger charge is 2.22. The molecule has 0 aliphatic carbocycles. The van der Waals surface area contributed by atoms with Crippen LogP contribution in [0.4, 0.5) is 4.39 Å². The fourth-order valence-corrected chi connectivity index (χ4v) is 2.72. The van der Waals surface area contributed by atoms with Crippen molar-refractivity contribution in [3.63, 3.8) is 0 Å². The Balaban J connectivity index is 2.01. The number of carboxylic acids is 1. The summed E-state index contributed by atoms with van der Waals surface area (Å²) >= 11 is 0. The summed E-state index contributed by atoms with van der Waals surface area (Å²) < 4.78 is 19.3. The topological polar surface area (TPSA) is 76.2 Å². The Morgan fingerprint density at radius 2 is 1.76 bits per heavy atom. The molecule has 0 aliphatic heterocycles. The summed E-state index contributed by atoms with van der Waals surface area (Å²) in [6.45, 7) is 0. The third-order valence-electron chi connectivity index (χ3n) is 3.87. The lowest BCUT2D eigenvalue weighted by Crippen LogP contribution is -2.00. The van der Waals surface area contributed by atoms with Gasteiger partial charge >= 0.3 is 5.97 Å². The summed E-state index contributed by atoms with van der Waals surface area (Å²) in [6, 6.07) is 16.4. The van der Waals surface area contributed by atoms with E-state index in [1.807, 2.05) is 18.2 Å². The van der Waals surface area contributed by atoms with Crippen LogP contribution in [0.15, 0.2) is 65.2 Å². The van der Waals surface area contributed by atoms with Crippen molar-refractivity contribution in [2.75, 3.05) is 0 Å². The minimum Gasteiger partial charge on any atom is -0.478 e. The summed E-state index contributed by atoms with van der Waals surface area (Å²) in [4.78, 5) is 16.0. The van der Waals surface area contributed by atoms with Gasteiger partial charge in [0, 0.05) is 11.1 Å². The molecule has 2 heterocycles. The summed E-state index contributed by atoms with van der Waals surface area (Å²) in [6.07, 6.45) is 0. The summed E-state index contributed by atoms with van der Waals surface area (Å²) in [5.41, 5.74) is 1.49. The molecule has 25 heavy (non-hydrogen) atoms. The van der Waals surface area contributed by atoms with E-state index in [-0.39, 0.29) is 22.5 Å². The maximum Gasteiger partial charge on any atom is 0.336 e. The van der Waals surface area contributed by atoms with Gasteiger partial charge in [-0.15, -0.1) is 0 Å². The average molecular weight is 334 g/mol. The predicted octanol–water partition coefficient (Wildman–Crippen LogP) is 4.39. The highest BCUT2D eigenvalue weighted by Crippen LogP contribution is 2.33. The number of aromatic carboxylic acids is 1. The minimum absolute atomic E-state index is 0.0386. The Morgan fingerprint density at radius 1 is 1.04 bits per heavy atom. The molecule has 0 saturated carbocycles. The van der Waals surface area contributed by atoms with E-state index in [0.717, 1.165) is 0 Å². The van der Waals surface area contributed by atoms with Crippen molar-refractivity contribution in [1.29, 1.82) is 0 Å². The van der Waals surface area contributed by atoms with Crippen LogP contribution in [-0.4, -0.2) is 21.2 Å². The van der Waals surface area contributed by atoms with Gasteiger partial charge in [-0.3, -0.25) is 0 Å². The lowest BCUT2D eigenvalue weighted by molar-refractivity contribution is 0.0699. The SMILES string of the molecule is O=C(O)c1cc(-c2ccccc2F)nc2onc(-c3ccccc3)c12. The summed E-state index contributed by atoms with van der Waals surface area (Å²) in [5, 5.41) is 13.9. The van der Waals surface area contributed by atoms with Gasteiger partial charge in [0.2, 0.25) is 0 Å². The van der Waals surface area contributed by atoms with Crippen LogP contribution >= 0.6 is 0 Å². The van der Waals surface area contributed by atoms with Crippen LogP contribution in [0.25, 0.3) is 33.6 Å². The van der Waals surface area contributed by atoms with E-state index in [4.69, 9.17) is 4.52 Å². The molecule has 4 rings (SSSR count). The second-order valence-corrected chi connectivity index (χ2v) is 5.42. The zero-order valence-corrected chi connectivity index (χ0v) is 12.8. The highest BCUT2D eigenvalue weighted by molar-refractivity contribution is 6.07. The van der Waals surface area contributed by atoms with Gasteiger partial charge in [0.15, 0.2) is 0 Å². The smallest absolute Gasteiger partial charge is 0.336 e. The standard InChI is InChI=1S/C19H11FN2O3/c20-14-9-5-4-8-12(14)15-10-13(19(23)24)16-17(22-25-18(16)21-15)11-6-2-1-3-7-11/h1-10H,(H,23,24). The molecule has 0 atom stereocenters. The van der Waals surface area contributed by atoms with Crippen LogP contribution in [0.1, 0.15) is 10.4 Å². The van der Waals surface area contributed by atoms with Crippen molar-refractivity contribution in [3.05, 3.63) is 72.0 Å². The third-order valence-corrected chi connectivity index (χ3v) is 3.87. The average Bonchev–Trinajstić information content (AvgIpc) is 3.06. The number of hydrogen-bond donors (Lipinski definition) is 1. The van der Waals surface area contributed by atoms with Crippen LogP contribution in [0, 0.1) is 5.82 Å². The van der Waals surface area contributed by atoms with Gasteiger partial charge in [-0.25, -0.2) is 14.2 Å². The zero-order chi connectivity index (χ0) is 17.4. The normalized spacial score (nSPS) is 10.9. The number of nitrogens with zero attached hydrogens (tertiary/aromatic N) is 2. The summed E-state index contributed by atoms with van der Waals surface area (Å²) in [5.74, 6) is -1.65. The predicted molar refractivity (Wildman–Crippen MR) is 89.6 cm³/mol. The first-order valence-corrected chi connectivity index (χ1v) is 7.49. The van der Waals surface area contributed by atoms with Crippen molar-refractivity contribution >= 4 is 17.1 Å². The molecule has 2 aromatic carbocycles. The van der Waals surface area contributed by atoms with E-state index in [2.05, 4.69) is 10.1 Å². The molecule has 0 saturated heterocycles. The lowest BCUT2D eigenvalue weighted by atomic mass is 10.0. The zero-order valence-electron chi connectivity index (χ0n) is 12.8. The molecule has 0 amide bonds. The molecule has 0 bridgehead atoms. The second kappa shape index (κ2) is 5.83. The Labute approximate surface area is 141 Å². The number of hydrogen-bond acceptors (Lipinski definition) is 4. The van der Waals surface area contributed by atoms with Crippen LogP contribution in [-0.2, 0) is 0 Å².